The molecular formula is C29H36ClN8O3+. The number of amides is 1. The third kappa shape index (κ3) is 5.17. The van der Waals surface area contributed by atoms with Crippen LogP contribution in [0.15, 0.2) is 33.8 Å². The molecule has 2 N–H and O–H groups in total. The highest BCUT2D eigenvalue weighted by Crippen LogP contribution is 2.40. The standard InChI is InChI=1S/C29H35ClN8O3/c1-4-32-27(39)23-6-5-11-38(23,3)28-34-21-13-22(26-35-29(40)41-36-26)33-24(19-12-20(30)15-31-14-19)25(21)37(28)16-18-9-7-17(2)8-10-18/h12-15,17-18,23H,4-11,16H2,1-3H3,(H-,32,35,36,39,40)/p+1/t17?,18?,23-,38?/m0/s1. The summed E-state index contributed by atoms with van der Waals surface area (Å²) in [5, 5.41) is 7.42. The number of likely N-dealkylation sites (N-methyl/N-ethyl adjacent to an activating group) is 2. The molecule has 1 saturated heterocycles. The smallest absolute Gasteiger partial charge is 0.351 e. The van der Waals surface area contributed by atoms with Crippen molar-refractivity contribution in [2.75, 3.05) is 20.1 Å². The van der Waals surface area contributed by atoms with Crippen LogP contribution in [0.4, 0.5) is 5.95 Å². The van der Waals surface area contributed by atoms with Gasteiger partial charge < -0.3 is 5.32 Å². The first-order chi connectivity index (χ1) is 19.8. The number of imidazole rings is 1. The molecule has 2 fully saturated rings. The molecule has 0 radical (unpaired) electrons. The Kier molecular flexibility index (Phi) is 7.41. The van der Waals surface area contributed by atoms with Gasteiger partial charge in [-0.15, -0.1) is 0 Å². The number of pyridine rings is 2. The van der Waals surface area contributed by atoms with Gasteiger partial charge in [0.1, 0.15) is 5.69 Å². The van der Waals surface area contributed by atoms with E-state index in [9.17, 15) is 9.59 Å². The number of nitrogens with zero attached hydrogens (tertiary/aromatic N) is 6. The van der Waals surface area contributed by atoms with Crippen molar-refractivity contribution < 1.29 is 9.32 Å². The molecule has 4 aromatic rings. The van der Waals surface area contributed by atoms with Gasteiger partial charge in [-0.25, -0.2) is 9.78 Å². The predicted molar refractivity (Wildman–Crippen MR) is 157 cm³/mol. The molecule has 1 saturated carbocycles. The Labute approximate surface area is 242 Å². The molecule has 216 valence electrons. The largest absolute Gasteiger partial charge is 0.439 e. The van der Waals surface area contributed by atoms with E-state index < -0.39 is 5.76 Å². The Hall–Kier alpha value is -3.57. The van der Waals surface area contributed by atoms with Crippen LogP contribution in [0.25, 0.3) is 33.8 Å². The third-order valence-electron chi connectivity index (χ3n) is 8.84. The van der Waals surface area contributed by atoms with Crippen molar-refractivity contribution in [3.63, 3.8) is 0 Å². The predicted octanol–water partition coefficient (Wildman–Crippen LogP) is 4.55. The average Bonchev–Trinajstić information content (AvgIpc) is 3.67. The van der Waals surface area contributed by atoms with Crippen molar-refractivity contribution >= 4 is 34.5 Å². The maximum Gasteiger partial charge on any atom is 0.439 e. The van der Waals surface area contributed by atoms with Crippen LogP contribution >= 0.6 is 11.6 Å². The van der Waals surface area contributed by atoms with E-state index in [0.717, 1.165) is 61.7 Å². The summed E-state index contributed by atoms with van der Waals surface area (Å²) in [6, 6.07) is 3.42. The van der Waals surface area contributed by atoms with Gasteiger partial charge in [-0.1, -0.05) is 36.5 Å². The molecule has 2 aliphatic rings. The minimum atomic E-state index is -0.662. The Morgan fingerprint density at radius 3 is 2.71 bits per heavy atom. The van der Waals surface area contributed by atoms with Crippen LogP contribution in [-0.2, 0) is 11.3 Å². The number of aromatic amines is 1. The lowest BCUT2D eigenvalue weighted by molar-refractivity contribution is -0.124. The fourth-order valence-corrected chi connectivity index (χ4v) is 6.83. The SMILES string of the molecule is CCNC(=O)[C@@H]1CCC[N+]1(C)c1nc2cc(-c3noc(=O)[nH]3)nc(-c3cncc(Cl)c3)c2n1CC1CCC(C)CC1. The van der Waals surface area contributed by atoms with Crippen molar-refractivity contribution in [2.45, 2.75) is 65.0 Å². The third-order valence-corrected chi connectivity index (χ3v) is 9.05. The van der Waals surface area contributed by atoms with Gasteiger partial charge >= 0.3 is 11.7 Å². The summed E-state index contributed by atoms with van der Waals surface area (Å²) in [6.45, 7) is 6.44. The van der Waals surface area contributed by atoms with Crippen LogP contribution in [0.5, 0.6) is 0 Å². The number of fused-ring (bicyclic) bond motifs is 1. The van der Waals surface area contributed by atoms with Crippen molar-refractivity contribution in [3.05, 3.63) is 40.1 Å². The number of H-pyrrole nitrogens is 1. The fourth-order valence-electron chi connectivity index (χ4n) is 6.66. The summed E-state index contributed by atoms with van der Waals surface area (Å²) in [5.74, 6) is 1.67. The number of rotatable bonds is 7. The first kappa shape index (κ1) is 27.6. The van der Waals surface area contributed by atoms with Gasteiger partial charge in [0.2, 0.25) is 5.82 Å². The fraction of sp³-hybridized carbons (Fsp3) is 0.517. The molecule has 11 nitrogen and oxygen atoms in total. The number of carbonyl (C=O) groups is 1. The van der Waals surface area contributed by atoms with E-state index in [4.69, 9.17) is 26.1 Å². The van der Waals surface area contributed by atoms with Gasteiger partial charge in [0.05, 0.1) is 35.3 Å². The molecule has 1 unspecified atom stereocenters. The molecule has 1 aliphatic carbocycles. The summed E-state index contributed by atoms with van der Waals surface area (Å²) >= 11 is 6.39. The molecule has 0 aromatic carbocycles. The topological polar surface area (TPSA) is 132 Å². The van der Waals surface area contributed by atoms with Crippen LogP contribution in [0, 0.1) is 11.8 Å². The Balaban J connectivity index is 1.60. The van der Waals surface area contributed by atoms with Gasteiger partial charge in [0.25, 0.3) is 5.91 Å². The van der Waals surface area contributed by atoms with Gasteiger partial charge in [-0.3, -0.25) is 28.3 Å². The molecule has 6 rings (SSSR count). The molecule has 1 amide bonds. The summed E-state index contributed by atoms with van der Waals surface area (Å²) < 4.78 is 7.49. The monoisotopic (exact) mass is 579 g/mol. The Morgan fingerprint density at radius 1 is 1.20 bits per heavy atom. The quantitative estimate of drug-likeness (QED) is 0.307. The van der Waals surface area contributed by atoms with Crippen LogP contribution in [0.1, 0.15) is 52.4 Å². The lowest BCUT2D eigenvalue weighted by Crippen LogP contribution is -2.57. The van der Waals surface area contributed by atoms with Crippen LogP contribution in [0.3, 0.4) is 0 Å². The van der Waals surface area contributed by atoms with E-state index in [1.165, 1.54) is 12.8 Å². The number of likely N-dealkylation sites (tertiary alicyclic amines) is 1. The number of halogens is 1. The molecule has 0 spiro atoms. The summed E-state index contributed by atoms with van der Waals surface area (Å²) in [4.78, 5) is 42.3. The minimum absolute atomic E-state index is 0.0517. The zero-order valence-electron chi connectivity index (χ0n) is 23.7. The van der Waals surface area contributed by atoms with Crippen LogP contribution in [-0.4, -0.2) is 61.7 Å². The maximum absolute atomic E-state index is 13.3. The number of quaternary nitrogens is 1. The zero-order valence-corrected chi connectivity index (χ0v) is 24.4. The molecule has 5 heterocycles. The molecular weight excluding hydrogens is 544 g/mol. The minimum Gasteiger partial charge on any atom is -0.351 e. The van der Waals surface area contributed by atoms with Crippen LogP contribution < -0.4 is 15.6 Å². The summed E-state index contributed by atoms with van der Waals surface area (Å²) in [5.41, 5.74) is 3.35. The van der Waals surface area contributed by atoms with E-state index in [1.54, 1.807) is 12.4 Å². The second-order valence-electron chi connectivity index (χ2n) is 11.8. The molecule has 4 aromatic heterocycles. The van der Waals surface area contributed by atoms with E-state index in [-0.39, 0.29) is 17.8 Å². The van der Waals surface area contributed by atoms with Crippen molar-refractivity contribution in [2.24, 2.45) is 11.8 Å². The second kappa shape index (κ2) is 11.0. The summed E-state index contributed by atoms with van der Waals surface area (Å²) in [6.07, 6.45) is 9.72. The lowest BCUT2D eigenvalue weighted by Gasteiger charge is -2.34. The van der Waals surface area contributed by atoms with Crippen molar-refractivity contribution in [1.29, 1.82) is 0 Å². The Morgan fingerprint density at radius 2 is 2.00 bits per heavy atom. The molecule has 41 heavy (non-hydrogen) atoms. The maximum atomic E-state index is 13.3. The van der Waals surface area contributed by atoms with E-state index in [0.29, 0.717) is 38.9 Å². The second-order valence-corrected chi connectivity index (χ2v) is 12.2. The molecule has 0 bridgehead atoms. The van der Waals surface area contributed by atoms with Gasteiger partial charge in [-0.05, 0) is 43.7 Å². The first-order valence-electron chi connectivity index (χ1n) is 14.5. The van der Waals surface area contributed by atoms with Crippen molar-refractivity contribution in [3.8, 4) is 22.8 Å². The van der Waals surface area contributed by atoms with E-state index in [1.807, 2.05) is 19.1 Å². The molecule has 12 heteroatoms. The van der Waals surface area contributed by atoms with E-state index in [2.05, 4.69) is 39.0 Å². The first-order valence-corrected chi connectivity index (χ1v) is 14.9. The van der Waals surface area contributed by atoms with Gasteiger partial charge in [0.15, 0.2) is 6.04 Å². The molecule has 2 atom stereocenters. The average molecular weight is 580 g/mol. The number of aromatic nitrogens is 6. The highest BCUT2D eigenvalue weighted by atomic mass is 35.5. The van der Waals surface area contributed by atoms with Crippen LogP contribution in [0.2, 0.25) is 5.02 Å². The normalized spacial score (nSPS) is 24.6. The zero-order chi connectivity index (χ0) is 28.7. The lowest BCUT2D eigenvalue weighted by atomic mass is 9.83. The van der Waals surface area contributed by atoms with Gasteiger partial charge in [0, 0.05) is 43.9 Å². The number of hydrogen-bond acceptors (Lipinski definition) is 7. The highest BCUT2D eigenvalue weighted by molar-refractivity contribution is 6.30. The van der Waals surface area contributed by atoms with Crippen molar-refractivity contribution in [1.82, 2.24) is 39.5 Å². The number of hydrogen-bond donors (Lipinski definition) is 2. The number of carbonyl (C=O) groups excluding carboxylic acids is 1. The summed E-state index contributed by atoms with van der Waals surface area (Å²) in [7, 11) is 2.12. The van der Waals surface area contributed by atoms with Gasteiger partial charge in [-0.2, -0.15) is 4.98 Å². The highest BCUT2D eigenvalue weighted by Gasteiger charge is 2.48. The number of nitrogens with one attached hydrogen (secondary N) is 2. The Bertz CT molecular complexity index is 1640. The van der Waals surface area contributed by atoms with E-state index >= 15 is 0 Å². The molecule has 1 aliphatic heterocycles.